The Hall–Kier alpha value is -1.07. The second kappa shape index (κ2) is 2.47. The minimum Gasteiger partial charge on any atom is -0.332 e. The van der Waals surface area contributed by atoms with E-state index in [1.54, 1.807) is 0 Å². The minimum atomic E-state index is -0.479. The van der Waals surface area contributed by atoms with Crippen molar-refractivity contribution in [2.75, 3.05) is 6.61 Å². The summed E-state index contributed by atoms with van der Waals surface area (Å²) in [5, 5.41) is 0. The number of nitrogens with one attached hydrogen (secondary N) is 1. The van der Waals surface area contributed by atoms with Crippen LogP contribution in [0.15, 0.2) is 11.8 Å². The van der Waals surface area contributed by atoms with Gasteiger partial charge in [0.05, 0.1) is 0 Å². The molecule has 0 unspecified atom stereocenters. The Labute approximate surface area is 51.3 Å². The Balaban J connectivity index is 2.51. The summed E-state index contributed by atoms with van der Waals surface area (Å²) in [4.78, 5) is 19.3. The average molecular weight is 130 g/mol. The molecular formula is C4H6N2O3. The van der Waals surface area contributed by atoms with Gasteiger partial charge < -0.3 is 4.89 Å². The molecule has 0 saturated heterocycles. The highest BCUT2D eigenvalue weighted by atomic mass is 17.2. The van der Waals surface area contributed by atoms with Crippen molar-refractivity contribution in [2.45, 2.75) is 0 Å². The Bertz CT molecular complexity index is 154. The molecule has 1 aliphatic rings. The molecule has 0 saturated carbocycles. The lowest BCUT2D eigenvalue weighted by Gasteiger charge is -1.96. The third-order valence-corrected chi connectivity index (χ3v) is 0.840. The Morgan fingerprint density at radius 1 is 1.89 bits per heavy atom. The van der Waals surface area contributed by atoms with E-state index >= 15 is 0 Å². The van der Waals surface area contributed by atoms with Gasteiger partial charge in [0.1, 0.15) is 6.61 Å². The summed E-state index contributed by atoms with van der Waals surface area (Å²) in [6.45, 7) is 0.294. The van der Waals surface area contributed by atoms with Gasteiger partial charge in [-0.3, -0.25) is 10.2 Å². The van der Waals surface area contributed by atoms with Crippen LogP contribution >= 0.6 is 0 Å². The van der Waals surface area contributed by atoms with Crippen LogP contribution in [0.5, 0.6) is 0 Å². The monoisotopic (exact) mass is 130 g/mol. The quantitative estimate of drug-likeness (QED) is 0.203. The van der Waals surface area contributed by atoms with Crippen LogP contribution in [0, 0.1) is 0 Å². The number of carbonyl (C=O) groups excluding carboxylic acids is 1. The topological polar surface area (TPSA) is 73.6 Å². The molecule has 50 valence electrons. The highest BCUT2D eigenvalue weighted by Gasteiger charge is 2.14. The molecule has 5 nitrogen and oxygen atoms in total. The smallest absolute Gasteiger partial charge is 0.304 e. The molecule has 5 heteroatoms. The molecule has 3 N–H and O–H groups in total. The van der Waals surface area contributed by atoms with E-state index in [1.165, 1.54) is 6.08 Å². The zero-order valence-corrected chi connectivity index (χ0v) is 4.59. The van der Waals surface area contributed by atoms with E-state index in [9.17, 15) is 4.79 Å². The van der Waals surface area contributed by atoms with Gasteiger partial charge in [0, 0.05) is 0 Å². The van der Waals surface area contributed by atoms with Crippen LogP contribution < -0.4 is 11.3 Å². The van der Waals surface area contributed by atoms with Crippen LogP contribution in [-0.4, -0.2) is 12.5 Å². The van der Waals surface area contributed by atoms with Crippen molar-refractivity contribution < 1.29 is 14.6 Å². The lowest BCUT2D eigenvalue weighted by atomic mass is 10.4. The van der Waals surface area contributed by atoms with Crippen molar-refractivity contribution in [1.29, 1.82) is 0 Å². The lowest BCUT2D eigenvalue weighted by molar-refractivity contribution is -0.233. The normalized spacial score (nSPS) is 16.3. The maximum Gasteiger partial charge on any atom is 0.304 e. The van der Waals surface area contributed by atoms with Gasteiger partial charge in [0.2, 0.25) is 5.76 Å². The molecule has 0 aromatic carbocycles. The lowest BCUT2D eigenvalue weighted by Crippen LogP contribution is -2.31. The summed E-state index contributed by atoms with van der Waals surface area (Å²) >= 11 is 0. The number of hydrogen-bond donors (Lipinski definition) is 2. The maximum atomic E-state index is 10.5. The second-order valence-electron chi connectivity index (χ2n) is 1.41. The third-order valence-electron chi connectivity index (χ3n) is 0.840. The zero-order chi connectivity index (χ0) is 6.69. The number of carbonyl (C=O) groups is 1. The van der Waals surface area contributed by atoms with Crippen molar-refractivity contribution in [2.24, 2.45) is 5.84 Å². The fraction of sp³-hybridized carbons (Fsp3) is 0.250. The van der Waals surface area contributed by atoms with Gasteiger partial charge in [0.25, 0.3) is 0 Å². The summed E-state index contributed by atoms with van der Waals surface area (Å²) in [5.74, 6) is 4.41. The molecule has 1 aliphatic heterocycles. The second-order valence-corrected chi connectivity index (χ2v) is 1.41. The SMILES string of the molecule is NNC(=O)C1=CCOO1. The average Bonchev–Trinajstić information content (AvgIpc) is 2.37. The molecular weight excluding hydrogens is 124 g/mol. The van der Waals surface area contributed by atoms with E-state index in [-0.39, 0.29) is 5.76 Å². The summed E-state index contributed by atoms with van der Waals surface area (Å²) in [7, 11) is 0. The number of amides is 1. The molecule has 1 rings (SSSR count). The van der Waals surface area contributed by atoms with Gasteiger partial charge in [0.15, 0.2) is 0 Å². The van der Waals surface area contributed by atoms with E-state index in [2.05, 4.69) is 9.78 Å². The Kier molecular flexibility index (Phi) is 1.66. The van der Waals surface area contributed by atoms with Crippen LogP contribution in [-0.2, 0) is 14.6 Å². The van der Waals surface area contributed by atoms with E-state index in [4.69, 9.17) is 5.84 Å². The first-order chi connectivity index (χ1) is 4.34. The number of rotatable bonds is 1. The standard InChI is InChI=1S/C4H6N2O3/c5-6-4(7)3-1-2-8-9-3/h1H,2,5H2,(H,6,7). The molecule has 0 radical (unpaired) electrons. The van der Waals surface area contributed by atoms with Crippen molar-refractivity contribution in [3.8, 4) is 0 Å². The fourth-order valence-electron chi connectivity index (χ4n) is 0.443. The first-order valence-electron chi connectivity index (χ1n) is 2.35. The number of nitrogens with two attached hydrogens (primary N) is 1. The van der Waals surface area contributed by atoms with Gasteiger partial charge in [-0.05, 0) is 6.08 Å². The molecule has 1 heterocycles. The Morgan fingerprint density at radius 3 is 3.11 bits per heavy atom. The number of hydrogen-bond acceptors (Lipinski definition) is 4. The van der Waals surface area contributed by atoms with Crippen LogP contribution in [0.25, 0.3) is 0 Å². The molecule has 1 amide bonds. The summed E-state index contributed by atoms with van der Waals surface area (Å²) in [6.07, 6.45) is 1.49. The first-order valence-corrected chi connectivity index (χ1v) is 2.35. The van der Waals surface area contributed by atoms with Gasteiger partial charge >= 0.3 is 5.91 Å². The Morgan fingerprint density at radius 2 is 2.67 bits per heavy atom. The highest BCUT2D eigenvalue weighted by molar-refractivity contribution is 5.90. The van der Waals surface area contributed by atoms with E-state index in [1.807, 2.05) is 5.43 Å². The van der Waals surface area contributed by atoms with E-state index < -0.39 is 5.91 Å². The maximum absolute atomic E-state index is 10.5. The molecule has 0 atom stereocenters. The summed E-state index contributed by atoms with van der Waals surface area (Å²) in [5.41, 5.74) is 1.89. The molecule has 9 heavy (non-hydrogen) atoms. The van der Waals surface area contributed by atoms with E-state index in [0.717, 1.165) is 0 Å². The van der Waals surface area contributed by atoms with Crippen LogP contribution in [0.2, 0.25) is 0 Å². The third kappa shape index (κ3) is 1.18. The first kappa shape index (κ1) is 6.06. The van der Waals surface area contributed by atoms with Crippen molar-refractivity contribution in [3.05, 3.63) is 11.8 Å². The van der Waals surface area contributed by atoms with E-state index in [0.29, 0.717) is 6.61 Å². The zero-order valence-electron chi connectivity index (χ0n) is 4.59. The molecule has 0 spiro atoms. The predicted molar refractivity (Wildman–Crippen MR) is 27.5 cm³/mol. The molecule has 0 bridgehead atoms. The minimum absolute atomic E-state index is 0.109. The molecule has 0 fully saturated rings. The van der Waals surface area contributed by atoms with Gasteiger partial charge in [-0.15, -0.1) is 0 Å². The van der Waals surface area contributed by atoms with Gasteiger partial charge in [-0.25, -0.2) is 5.84 Å². The van der Waals surface area contributed by atoms with Crippen molar-refractivity contribution in [3.63, 3.8) is 0 Å². The van der Waals surface area contributed by atoms with Crippen LogP contribution in [0.4, 0.5) is 0 Å². The van der Waals surface area contributed by atoms with Crippen molar-refractivity contribution >= 4 is 5.91 Å². The molecule has 0 aliphatic carbocycles. The largest absolute Gasteiger partial charge is 0.332 e. The molecule has 0 aromatic rings. The van der Waals surface area contributed by atoms with Gasteiger partial charge in [-0.2, -0.15) is 4.89 Å². The molecule has 0 aromatic heterocycles. The van der Waals surface area contributed by atoms with Crippen LogP contribution in [0.3, 0.4) is 0 Å². The number of hydrazine groups is 1. The predicted octanol–water partition coefficient (Wildman–Crippen LogP) is -1.18. The fourth-order valence-corrected chi connectivity index (χ4v) is 0.443. The summed E-state index contributed by atoms with van der Waals surface area (Å²) in [6, 6.07) is 0. The summed E-state index contributed by atoms with van der Waals surface area (Å²) < 4.78 is 0. The van der Waals surface area contributed by atoms with Crippen LogP contribution in [0.1, 0.15) is 0 Å². The van der Waals surface area contributed by atoms with Gasteiger partial charge in [-0.1, -0.05) is 0 Å². The van der Waals surface area contributed by atoms with Crippen molar-refractivity contribution in [1.82, 2.24) is 5.43 Å². The highest BCUT2D eigenvalue weighted by Crippen LogP contribution is 2.04.